The Balaban J connectivity index is 1.83. The van der Waals surface area contributed by atoms with E-state index >= 15 is 0 Å². The molecule has 2 heterocycles. The van der Waals surface area contributed by atoms with Crippen LogP contribution in [0.3, 0.4) is 0 Å². The van der Waals surface area contributed by atoms with E-state index in [1.54, 1.807) is 12.1 Å². The largest absolute Gasteiger partial charge is 0.348 e. The van der Waals surface area contributed by atoms with Gasteiger partial charge in [0.15, 0.2) is 10.8 Å². The van der Waals surface area contributed by atoms with E-state index in [0.29, 0.717) is 27.9 Å². The molecule has 1 N–H and O–H groups in total. The fourth-order valence-corrected chi connectivity index (χ4v) is 2.50. The number of nitrogens with one attached hydrogen (secondary N) is 1. The monoisotopic (exact) mass is 323 g/mol. The van der Waals surface area contributed by atoms with Crippen LogP contribution in [0.4, 0.5) is 10.5 Å². The van der Waals surface area contributed by atoms with E-state index in [9.17, 15) is 4.79 Å². The predicted molar refractivity (Wildman–Crippen MR) is 88.7 cm³/mol. The zero-order chi connectivity index (χ0) is 15.8. The molecule has 2 aromatic heterocycles. The van der Waals surface area contributed by atoms with Crippen molar-refractivity contribution in [3.8, 4) is 0 Å². The average Bonchev–Trinajstić information content (AvgIpc) is 2.90. The number of aromatic nitrogens is 4. The summed E-state index contributed by atoms with van der Waals surface area (Å²) in [6.45, 7) is 0. The summed E-state index contributed by atoms with van der Waals surface area (Å²) in [6, 6.07) is 16.0. The second-order valence-corrected chi connectivity index (χ2v) is 5.24. The lowest BCUT2D eigenvalue weighted by molar-refractivity contribution is 0.251. The number of rotatable bonds is 1. The van der Waals surface area contributed by atoms with Crippen LogP contribution in [0.5, 0.6) is 0 Å². The van der Waals surface area contributed by atoms with Crippen LogP contribution in [0, 0.1) is 0 Å². The lowest BCUT2D eigenvalue weighted by Crippen LogP contribution is -2.21. The second-order valence-electron chi connectivity index (χ2n) is 4.88. The molecule has 0 unspecified atom stereocenters. The first-order valence-corrected chi connectivity index (χ1v) is 7.27. The van der Waals surface area contributed by atoms with Gasteiger partial charge in [-0.2, -0.15) is 4.68 Å². The highest BCUT2D eigenvalue weighted by molar-refractivity contribution is 6.34. The number of hydrogen-bond donors (Lipinski definition) is 1. The Morgan fingerprint density at radius 3 is 2.35 bits per heavy atom. The van der Waals surface area contributed by atoms with E-state index in [4.69, 9.17) is 11.6 Å². The Morgan fingerprint density at radius 2 is 1.61 bits per heavy atom. The fraction of sp³-hybridized carbons (Fsp3) is 0. The smallest absolute Gasteiger partial charge is 0.306 e. The lowest BCUT2D eigenvalue weighted by atomic mass is 10.3. The topological polar surface area (TPSA) is 72.7 Å². The highest BCUT2D eigenvalue weighted by Crippen LogP contribution is 2.22. The van der Waals surface area contributed by atoms with Gasteiger partial charge in [0.25, 0.3) is 0 Å². The highest BCUT2D eigenvalue weighted by Gasteiger charge is 2.18. The first kappa shape index (κ1) is 13.7. The van der Waals surface area contributed by atoms with E-state index in [-0.39, 0.29) is 5.15 Å². The molecule has 0 aliphatic heterocycles. The molecule has 6 nitrogen and oxygen atoms in total. The summed E-state index contributed by atoms with van der Waals surface area (Å²) in [5.74, 6) is 0. The molecule has 4 aromatic rings. The number of amides is 1. The Hall–Kier alpha value is -2.99. The van der Waals surface area contributed by atoms with Gasteiger partial charge in [0.1, 0.15) is 5.52 Å². The maximum absolute atomic E-state index is 12.4. The third kappa shape index (κ3) is 2.39. The third-order valence-electron chi connectivity index (χ3n) is 3.35. The molecule has 1 amide bonds. The van der Waals surface area contributed by atoms with Gasteiger partial charge < -0.3 is 5.32 Å². The van der Waals surface area contributed by atoms with Gasteiger partial charge in [-0.1, -0.05) is 41.9 Å². The number of carbonyl (C=O) groups is 1. The van der Waals surface area contributed by atoms with Crippen LogP contribution >= 0.6 is 11.6 Å². The first-order chi connectivity index (χ1) is 11.2. The van der Waals surface area contributed by atoms with Crippen molar-refractivity contribution in [1.29, 1.82) is 0 Å². The number of hydrogen-bond acceptors (Lipinski definition) is 4. The number of nitrogens with zero attached hydrogens (tertiary/aromatic N) is 4. The quantitative estimate of drug-likeness (QED) is 0.579. The van der Waals surface area contributed by atoms with Crippen molar-refractivity contribution in [2.24, 2.45) is 0 Å². The highest BCUT2D eigenvalue weighted by atomic mass is 35.5. The minimum absolute atomic E-state index is 0.140. The Labute approximate surface area is 135 Å². The van der Waals surface area contributed by atoms with Gasteiger partial charge in [0.2, 0.25) is 0 Å². The predicted octanol–water partition coefficient (Wildman–Crippen LogP) is 3.71. The molecule has 0 saturated carbocycles. The molecule has 4 rings (SSSR count). The zero-order valence-electron chi connectivity index (χ0n) is 11.8. The van der Waals surface area contributed by atoms with Gasteiger partial charge in [-0.15, -0.1) is 5.10 Å². The van der Waals surface area contributed by atoms with Crippen LogP contribution < -0.4 is 5.32 Å². The number of halogens is 1. The van der Waals surface area contributed by atoms with E-state index in [2.05, 4.69) is 20.4 Å². The number of benzene rings is 2. The van der Waals surface area contributed by atoms with Crippen molar-refractivity contribution >= 4 is 45.5 Å². The third-order valence-corrected chi connectivity index (χ3v) is 3.61. The van der Waals surface area contributed by atoms with Crippen molar-refractivity contribution < 1.29 is 4.79 Å². The summed E-state index contributed by atoms with van der Waals surface area (Å²) in [4.78, 5) is 21.3. The van der Waals surface area contributed by atoms with E-state index < -0.39 is 6.03 Å². The van der Waals surface area contributed by atoms with Crippen LogP contribution in [0.2, 0.25) is 5.15 Å². The summed E-state index contributed by atoms with van der Waals surface area (Å²) in [6.07, 6.45) is 0. The summed E-state index contributed by atoms with van der Waals surface area (Å²) < 4.78 is 1.13. The lowest BCUT2D eigenvalue weighted by Gasteiger charge is -2.05. The van der Waals surface area contributed by atoms with Crippen LogP contribution in [-0.2, 0) is 0 Å². The molecule has 0 fully saturated rings. The van der Waals surface area contributed by atoms with Gasteiger partial charge >= 0.3 is 6.03 Å². The van der Waals surface area contributed by atoms with E-state index in [1.807, 2.05) is 42.5 Å². The van der Waals surface area contributed by atoms with Crippen LogP contribution in [0.15, 0.2) is 54.6 Å². The van der Waals surface area contributed by atoms with Crippen molar-refractivity contribution in [2.45, 2.75) is 0 Å². The summed E-state index contributed by atoms with van der Waals surface area (Å²) in [5.41, 5.74) is 2.75. The molecular weight excluding hydrogens is 314 g/mol. The van der Waals surface area contributed by atoms with E-state index in [1.165, 1.54) is 0 Å². The van der Waals surface area contributed by atoms with E-state index in [0.717, 1.165) is 4.68 Å². The molecule has 0 saturated heterocycles. The number of fused-ring (bicyclic) bond motifs is 2. The zero-order valence-corrected chi connectivity index (χ0v) is 12.5. The van der Waals surface area contributed by atoms with Gasteiger partial charge in [0, 0.05) is 5.69 Å². The normalized spacial score (nSPS) is 11.0. The van der Waals surface area contributed by atoms with Crippen LogP contribution in [0.1, 0.15) is 0 Å². The average molecular weight is 324 g/mol. The Bertz CT molecular complexity index is 1030. The van der Waals surface area contributed by atoms with Crippen LogP contribution in [-0.4, -0.2) is 25.8 Å². The standard InChI is InChI=1S/C16H10ClN5O/c17-14-13-15(20-12-9-5-4-8-11(12)19-13)22(21-14)16(23)18-10-6-2-1-3-7-10/h1-9H,(H,18,23). The molecule has 0 atom stereocenters. The molecule has 0 radical (unpaired) electrons. The van der Waals surface area contributed by atoms with Gasteiger partial charge in [-0.05, 0) is 24.3 Å². The molecule has 0 spiro atoms. The minimum Gasteiger partial charge on any atom is -0.306 e. The summed E-state index contributed by atoms with van der Waals surface area (Å²) in [7, 11) is 0. The second kappa shape index (κ2) is 5.33. The molecule has 112 valence electrons. The maximum atomic E-state index is 12.4. The molecule has 7 heteroatoms. The van der Waals surface area contributed by atoms with Crippen molar-refractivity contribution in [2.75, 3.05) is 5.32 Å². The fourth-order valence-electron chi connectivity index (χ4n) is 2.30. The molecular formula is C16H10ClN5O. The van der Waals surface area contributed by atoms with Crippen molar-refractivity contribution in [3.05, 3.63) is 59.8 Å². The molecule has 0 aliphatic rings. The van der Waals surface area contributed by atoms with Crippen molar-refractivity contribution in [3.63, 3.8) is 0 Å². The van der Waals surface area contributed by atoms with Crippen LogP contribution in [0.25, 0.3) is 22.2 Å². The minimum atomic E-state index is -0.447. The molecule has 2 aromatic carbocycles. The van der Waals surface area contributed by atoms with Gasteiger partial charge in [-0.3, -0.25) is 0 Å². The molecule has 23 heavy (non-hydrogen) atoms. The summed E-state index contributed by atoms with van der Waals surface area (Å²) in [5, 5.41) is 6.94. The first-order valence-electron chi connectivity index (χ1n) is 6.90. The van der Waals surface area contributed by atoms with Gasteiger partial charge in [0.05, 0.1) is 11.0 Å². The number of carbonyl (C=O) groups excluding carboxylic acids is 1. The molecule has 0 aliphatic carbocycles. The Kier molecular flexibility index (Phi) is 3.17. The van der Waals surface area contributed by atoms with Gasteiger partial charge in [-0.25, -0.2) is 14.8 Å². The maximum Gasteiger partial charge on any atom is 0.348 e. The molecule has 0 bridgehead atoms. The number of para-hydroxylation sites is 3. The summed E-state index contributed by atoms with van der Waals surface area (Å²) >= 11 is 6.11. The SMILES string of the molecule is O=C(Nc1ccccc1)n1nc(Cl)c2nc3ccccc3nc21. The van der Waals surface area contributed by atoms with Crippen molar-refractivity contribution in [1.82, 2.24) is 19.7 Å². The Morgan fingerprint density at radius 1 is 0.957 bits per heavy atom. The number of anilines is 1.